The van der Waals surface area contributed by atoms with Crippen LogP contribution in [0, 0.1) is 11.8 Å². The summed E-state index contributed by atoms with van der Waals surface area (Å²) in [5.74, 6) is 7.65. The number of carbonyl (C=O) groups is 1. The van der Waals surface area contributed by atoms with Crippen molar-refractivity contribution in [3.05, 3.63) is 101 Å². The van der Waals surface area contributed by atoms with Crippen molar-refractivity contribution in [2.45, 2.75) is 32.8 Å². The molecule has 0 amide bonds. The van der Waals surface area contributed by atoms with Gasteiger partial charge in [0.1, 0.15) is 18.1 Å². The summed E-state index contributed by atoms with van der Waals surface area (Å²) in [5.41, 5.74) is 4.17. The van der Waals surface area contributed by atoms with Gasteiger partial charge in [0.05, 0.1) is 0 Å². The Morgan fingerprint density at radius 1 is 0.893 bits per heavy atom. The summed E-state index contributed by atoms with van der Waals surface area (Å²) in [7, 11) is 0. The maximum absolute atomic E-state index is 11.3. The van der Waals surface area contributed by atoms with Crippen molar-refractivity contribution in [3.8, 4) is 17.6 Å². The third-order valence-corrected chi connectivity index (χ3v) is 4.51. The topological polar surface area (TPSA) is 26.3 Å². The highest BCUT2D eigenvalue weighted by Gasteiger charge is 2.07. The van der Waals surface area contributed by atoms with Gasteiger partial charge in [-0.3, -0.25) is 0 Å². The molecule has 0 fully saturated rings. The summed E-state index contributed by atoms with van der Waals surface area (Å²) in [4.78, 5) is 11.3. The van der Waals surface area contributed by atoms with Gasteiger partial charge in [-0.25, -0.2) is 0 Å². The first-order valence-corrected chi connectivity index (χ1v) is 9.48. The molecule has 140 valence electrons. The average molecular weight is 368 g/mol. The van der Waals surface area contributed by atoms with E-state index >= 15 is 0 Å². The first-order valence-electron chi connectivity index (χ1n) is 9.48. The molecule has 2 heteroatoms. The third kappa shape index (κ3) is 5.86. The SMILES string of the molecule is CC(=O)CC(C)c1ccc(C#Cc2cccc(OCc3ccccc3)c2)cc1. The van der Waals surface area contributed by atoms with Crippen LogP contribution in [0.25, 0.3) is 0 Å². The highest BCUT2D eigenvalue weighted by atomic mass is 16.5. The zero-order valence-corrected chi connectivity index (χ0v) is 16.3. The molecule has 3 aromatic rings. The fourth-order valence-corrected chi connectivity index (χ4v) is 2.99. The van der Waals surface area contributed by atoms with Crippen molar-refractivity contribution < 1.29 is 9.53 Å². The van der Waals surface area contributed by atoms with Crippen molar-refractivity contribution in [1.82, 2.24) is 0 Å². The Morgan fingerprint density at radius 3 is 2.32 bits per heavy atom. The molecule has 0 saturated heterocycles. The lowest BCUT2D eigenvalue weighted by Crippen LogP contribution is -2.00. The van der Waals surface area contributed by atoms with Gasteiger partial charge in [-0.1, -0.05) is 67.3 Å². The van der Waals surface area contributed by atoms with E-state index in [1.54, 1.807) is 6.92 Å². The molecular formula is C26H24O2. The zero-order valence-electron chi connectivity index (χ0n) is 16.3. The summed E-state index contributed by atoms with van der Waals surface area (Å²) < 4.78 is 5.86. The standard InChI is InChI=1S/C26H24O2/c1-20(17-21(2)27)25-15-13-22(14-16-25)11-12-23-9-6-10-26(18-23)28-19-24-7-4-3-5-8-24/h3-10,13-16,18,20H,17,19H2,1-2H3. The number of ether oxygens (including phenoxy) is 1. The van der Waals surface area contributed by atoms with E-state index in [1.165, 1.54) is 0 Å². The number of carbonyl (C=O) groups excluding carboxylic acids is 1. The van der Waals surface area contributed by atoms with E-state index in [2.05, 4.69) is 30.9 Å². The molecule has 0 N–H and O–H groups in total. The Morgan fingerprint density at radius 2 is 1.61 bits per heavy atom. The maximum atomic E-state index is 11.3. The predicted octanol–water partition coefficient (Wildman–Crippen LogP) is 5.75. The molecule has 1 atom stereocenters. The number of rotatable bonds is 6. The smallest absolute Gasteiger partial charge is 0.130 e. The van der Waals surface area contributed by atoms with E-state index in [1.807, 2.05) is 66.7 Å². The predicted molar refractivity (Wildman–Crippen MR) is 113 cm³/mol. The van der Waals surface area contributed by atoms with Crippen LogP contribution >= 0.6 is 0 Å². The van der Waals surface area contributed by atoms with Gasteiger partial charge in [0.2, 0.25) is 0 Å². The molecular weight excluding hydrogens is 344 g/mol. The Labute approximate surface area is 167 Å². The number of hydrogen-bond acceptors (Lipinski definition) is 2. The van der Waals surface area contributed by atoms with Crippen LogP contribution in [0.4, 0.5) is 0 Å². The van der Waals surface area contributed by atoms with Gasteiger partial charge < -0.3 is 9.53 Å². The molecule has 2 nitrogen and oxygen atoms in total. The van der Waals surface area contributed by atoms with Crippen molar-refractivity contribution in [3.63, 3.8) is 0 Å². The molecule has 3 rings (SSSR count). The van der Waals surface area contributed by atoms with E-state index < -0.39 is 0 Å². The summed E-state index contributed by atoms with van der Waals surface area (Å²) in [6.07, 6.45) is 0.570. The normalized spacial score (nSPS) is 11.2. The van der Waals surface area contributed by atoms with E-state index in [4.69, 9.17) is 4.74 Å². The Bertz CT molecular complexity index is 976. The third-order valence-electron chi connectivity index (χ3n) is 4.51. The highest BCUT2D eigenvalue weighted by Crippen LogP contribution is 2.20. The Balaban J connectivity index is 1.64. The Kier molecular flexibility index (Phi) is 6.65. The van der Waals surface area contributed by atoms with Crippen molar-refractivity contribution >= 4 is 5.78 Å². The van der Waals surface area contributed by atoms with Gasteiger partial charge in [-0.2, -0.15) is 0 Å². The largest absolute Gasteiger partial charge is 0.489 e. The molecule has 0 aliphatic heterocycles. The van der Waals surface area contributed by atoms with Gasteiger partial charge in [0, 0.05) is 17.5 Å². The van der Waals surface area contributed by atoms with Crippen molar-refractivity contribution in [2.75, 3.05) is 0 Å². The second-order valence-corrected chi connectivity index (χ2v) is 6.98. The first-order chi connectivity index (χ1) is 13.6. The number of Topliss-reactive ketones (excluding diaryl/α,β-unsaturated/α-hetero) is 1. The van der Waals surface area contributed by atoms with Crippen molar-refractivity contribution in [2.24, 2.45) is 0 Å². The van der Waals surface area contributed by atoms with Gasteiger partial charge in [-0.05, 0) is 54.3 Å². The van der Waals surface area contributed by atoms with Gasteiger partial charge in [0.25, 0.3) is 0 Å². The summed E-state index contributed by atoms with van der Waals surface area (Å²) in [5, 5.41) is 0. The Hall–Kier alpha value is -3.31. The minimum absolute atomic E-state index is 0.214. The molecule has 0 spiro atoms. The summed E-state index contributed by atoms with van der Waals surface area (Å²) in [6, 6.07) is 26.1. The minimum atomic E-state index is 0.214. The molecule has 0 aromatic heterocycles. The van der Waals surface area contributed by atoms with Crippen LogP contribution in [0.1, 0.15) is 48.4 Å². The van der Waals surface area contributed by atoms with Crippen LogP contribution in [0.3, 0.4) is 0 Å². The van der Waals surface area contributed by atoms with Crippen LogP contribution in [0.15, 0.2) is 78.9 Å². The minimum Gasteiger partial charge on any atom is -0.489 e. The molecule has 0 aliphatic carbocycles. The fraction of sp³-hybridized carbons (Fsp3) is 0.192. The zero-order chi connectivity index (χ0) is 19.8. The first kappa shape index (κ1) is 19.5. The number of hydrogen-bond donors (Lipinski definition) is 0. The lowest BCUT2D eigenvalue weighted by atomic mass is 9.95. The molecule has 3 aromatic carbocycles. The molecule has 0 heterocycles. The van der Waals surface area contributed by atoms with Crippen LogP contribution < -0.4 is 4.74 Å². The molecule has 1 unspecified atom stereocenters. The maximum Gasteiger partial charge on any atom is 0.130 e. The second kappa shape index (κ2) is 9.58. The van der Waals surface area contributed by atoms with Crippen molar-refractivity contribution in [1.29, 1.82) is 0 Å². The lowest BCUT2D eigenvalue weighted by molar-refractivity contribution is -0.117. The highest BCUT2D eigenvalue weighted by molar-refractivity contribution is 5.76. The van der Waals surface area contributed by atoms with E-state index in [-0.39, 0.29) is 11.7 Å². The molecule has 0 saturated carbocycles. The fourth-order valence-electron chi connectivity index (χ4n) is 2.99. The van der Waals surface area contributed by atoms with Crippen LogP contribution in [-0.4, -0.2) is 5.78 Å². The van der Waals surface area contributed by atoms with Gasteiger partial charge >= 0.3 is 0 Å². The molecule has 28 heavy (non-hydrogen) atoms. The number of benzene rings is 3. The number of ketones is 1. The molecule has 0 radical (unpaired) electrons. The van der Waals surface area contributed by atoms with Gasteiger partial charge in [0.15, 0.2) is 0 Å². The second-order valence-electron chi connectivity index (χ2n) is 6.98. The van der Waals surface area contributed by atoms with Crippen LogP contribution in [0.5, 0.6) is 5.75 Å². The van der Waals surface area contributed by atoms with E-state index in [9.17, 15) is 4.79 Å². The van der Waals surface area contributed by atoms with Gasteiger partial charge in [-0.15, -0.1) is 0 Å². The quantitative estimate of drug-likeness (QED) is 0.518. The summed E-state index contributed by atoms with van der Waals surface area (Å²) >= 11 is 0. The molecule has 0 aliphatic rings. The van der Waals surface area contributed by atoms with Crippen LogP contribution in [-0.2, 0) is 11.4 Å². The molecule has 0 bridgehead atoms. The average Bonchev–Trinajstić information content (AvgIpc) is 2.72. The van der Waals surface area contributed by atoms with E-state index in [0.717, 1.165) is 28.0 Å². The van der Waals surface area contributed by atoms with Crippen LogP contribution in [0.2, 0.25) is 0 Å². The lowest BCUT2D eigenvalue weighted by Gasteiger charge is -2.09. The van der Waals surface area contributed by atoms with E-state index in [0.29, 0.717) is 13.0 Å². The monoisotopic (exact) mass is 368 g/mol. The summed E-state index contributed by atoms with van der Waals surface area (Å²) in [6.45, 7) is 4.24.